The predicted octanol–water partition coefficient (Wildman–Crippen LogP) is 3.10. The fraction of sp³-hybridized carbons (Fsp3) is 0.455. The van der Waals surface area contributed by atoms with Crippen molar-refractivity contribution in [1.29, 1.82) is 0 Å². The number of carbonyl (C=O) groups is 2. The first kappa shape index (κ1) is 20.5. The number of likely N-dealkylation sites (N-methyl/N-ethyl adjacent to an activating group) is 1. The molecule has 2 aromatic heterocycles. The zero-order chi connectivity index (χ0) is 21.3. The number of aromatic nitrogens is 3. The molecule has 3 heterocycles. The van der Waals surface area contributed by atoms with E-state index < -0.39 is 0 Å². The molecule has 3 aromatic rings. The van der Waals surface area contributed by atoms with E-state index in [4.69, 9.17) is 0 Å². The van der Waals surface area contributed by atoms with Crippen LogP contribution in [0.2, 0.25) is 0 Å². The summed E-state index contributed by atoms with van der Waals surface area (Å²) in [6.07, 6.45) is 4.76. The first-order chi connectivity index (χ1) is 14.4. The number of imidazole rings is 1. The van der Waals surface area contributed by atoms with E-state index in [1.807, 2.05) is 31.0 Å². The Balaban J connectivity index is 1.36. The van der Waals surface area contributed by atoms with Gasteiger partial charge in [0.25, 0.3) is 5.91 Å². The van der Waals surface area contributed by atoms with E-state index in [1.54, 1.807) is 15.6 Å². The van der Waals surface area contributed by atoms with Gasteiger partial charge in [0.1, 0.15) is 10.7 Å². The second kappa shape index (κ2) is 8.55. The van der Waals surface area contributed by atoms with Crippen LogP contribution in [0.4, 0.5) is 0 Å². The van der Waals surface area contributed by atoms with Gasteiger partial charge in [-0.1, -0.05) is 35.6 Å². The SMILES string of the molecule is Cc1nn2cc(C(=O)N3CCCC3CN(C)C(=O)CCc3ccccc3C)nc2s1. The molecule has 158 valence electrons. The monoisotopic (exact) mass is 425 g/mol. The average molecular weight is 426 g/mol. The largest absolute Gasteiger partial charge is 0.344 e. The second-order valence-corrected chi connectivity index (χ2v) is 9.13. The quantitative estimate of drug-likeness (QED) is 0.608. The molecule has 30 heavy (non-hydrogen) atoms. The summed E-state index contributed by atoms with van der Waals surface area (Å²) < 4.78 is 1.67. The topological polar surface area (TPSA) is 70.8 Å². The van der Waals surface area contributed by atoms with E-state index in [2.05, 4.69) is 29.1 Å². The summed E-state index contributed by atoms with van der Waals surface area (Å²) in [6, 6.07) is 8.20. The molecular weight excluding hydrogens is 398 g/mol. The minimum atomic E-state index is -0.0754. The third-order valence-electron chi connectivity index (χ3n) is 5.78. The number of benzene rings is 1. The van der Waals surface area contributed by atoms with Gasteiger partial charge in [-0.25, -0.2) is 9.50 Å². The van der Waals surface area contributed by atoms with Crippen LogP contribution in [0, 0.1) is 13.8 Å². The Morgan fingerprint density at radius 2 is 2.07 bits per heavy atom. The highest BCUT2D eigenvalue weighted by Gasteiger charge is 2.32. The fourth-order valence-electron chi connectivity index (χ4n) is 4.08. The molecule has 1 atom stereocenters. The zero-order valence-corrected chi connectivity index (χ0v) is 18.5. The van der Waals surface area contributed by atoms with Crippen LogP contribution in [0.3, 0.4) is 0 Å². The van der Waals surface area contributed by atoms with E-state index in [0.717, 1.165) is 29.2 Å². The molecule has 8 heteroatoms. The first-order valence-electron chi connectivity index (χ1n) is 10.3. The third-order valence-corrected chi connectivity index (χ3v) is 6.62. The Bertz CT molecular complexity index is 1040. The van der Waals surface area contributed by atoms with E-state index in [1.165, 1.54) is 22.5 Å². The molecule has 0 spiro atoms. The molecule has 1 aliphatic heterocycles. The Morgan fingerprint density at radius 3 is 2.83 bits per heavy atom. The van der Waals surface area contributed by atoms with Crippen molar-refractivity contribution in [2.24, 2.45) is 0 Å². The summed E-state index contributed by atoms with van der Waals surface area (Å²) in [5.74, 6) is 0.0355. The number of fused-ring (bicyclic) bond motifs is 1. The molecule has 1 unspecified atom stereocenters. The van der Waals surface area contributed by atoms with Crippen LogP contribution in [-0.2, 0) is 11.2 Å². The van der Waals surface area contributed by atoms with Crippen LogP contribution < -0.4 is 0 Å². The van der Waals surface area contributed by atoms with Gasteiger partial charge in [-0.3, -0.25) is 9.59 Å². The van der Waals surface area contributed by atoms with E-state index >= 15 is 0 Å². The highest BCUT2D eigenvalue weighted by molar-refractivity contribution is 7.16. The van der Waals surface area contributed by atoms with Gasteiger partial charge < -0.3 is 9.80 Å². The fourth-order valence-corrected chi connectivity index (χ4v) is 4.81. The van der Waals surface area contributed by atoms with Gasteiger partial charge >= 0.3 is 0 Å². The van der Waals surface area contributed by atoms with Crippen molar-refractivity contribution in [3.8, 4) is 0 Å². The summed E-state index contributed by atoms with van der Waals surface area (Å²) in [6.45, 7) is 5.25. The van der Waals surface area contributed by atoms with Crippen molar-refractivity contribution in [1.82, 2.24) is 24.4 Å². The van der Waals surface area contributed by atoms with Crippen LogP contribution in [0.5, 0.6) is 0 Å². The summed E-state index contributed by atoms with van der Waals surface area (Å²) in [7, 11) is 1.83. The molecule has 0 bridgehead atoms. The lowest BCUT2D eigenvalue weighted by Gasteiger charge is -2.28. The van der Waals surface area contributed by atoms with Gasteiger partial charge in [-0.15, -0.1) is 0 Å². The van der Waals surface area contributed by atoms with Gasteiger partial charge in [-0.2, -0.15) is 5.10 Å². The highest BCUT2D eigenvalue weighted by atomic mass is 32.1. The molecule has 0 saturated carbocycles. The number of likely N-dealkylation sites (tertiary alicyclic amines) is 1. The third kappa shape index (κ3) is 4.23. The Labute approximate surface area is 180 Å². The standard InChI is InChI=1S/C22H27N5O2S/c1-15-7-4-5-8-17(15)10-11-20(28)25(3)13-18-9-6-12-26(18)21(29)19-14-27-22(23-19)30-16(2)24-27/h4-5,7-8,14,18H,6,9-13H2,1-3H3. The van der Waals surface area contributed by atoms with Crippen molar-refractivity contribution >= 4 is 28.1 Å². The summed E-state index contributed by atoms with van der Waals surface area (Å²) >= 11 is 1.47. The number of hydrogen-bond acceptors (Lipinski definition) is 5. The Hall–Kier alpha value is -2.74. The number of rotatable bonds is 6. The highest BCUT2D eigenvalue weighted by Crippen LogP contribution is 2.22. The second-order valence-electron chi connectivity index (χ2n) is 7.97. The zero-order valence-electron chi connectivity index (χ0n) is 17.7. The molecule has 1 saturated heterocycles. The summed E-state index contributed by atoms with van der Waals surface area (Å²) in [5.41, 5.74) is 2.85. The predicted molar refractivity (Wildman–Crippen MR) is 117 cm³/mol. The summed E-state index contributed by atoms with van der Waals surface area (Å²) in [4.78, 5) is 34.5. The van der Waals surface area contributed by atoms with Crippen LogP contribution in [0.25, 0.3) is 4.96 Å². The smallest absolute Gasteiger partial charge is 0.274 e. The molecule has 7 nitrogen and oxygen atoms in total. The van der Waals surface area contributed by atoms with Gasteiger partial charge in [0.2, 0.25) is 10.9 Å². The van der Waals surface area contributed by atoms with Crippen molar-refractivity contribution in [3.05, 3.63) is 52.3 Å². The lowest BCUT2D eigenvalue weighted by Crippen LogP contribution is -2.44. The molecule has 1 aliphatic rings. The van der Waals surface area contributed by atoms with Crippen LogP contribution in [-0.4, -0.2) is 62.4 Å². The molecular formula is C22H27N5O2S. The Morgan fingerprint density at radius 1 is 1.27 bits per heavy atom. The number of nitrogens with zero attached hydrogens (tertiary/aromatic N) is 5. The number of aryl methyl sites for hydroxylation is 3. The van der Waals surface area contributed by atoms with Gasteiger partial charge in [0.15, 0.2) is 0 Å². The van der Waals surface area contributed by atoms with Crippen LogP contribution >= 0.6 is 11.3 Å². The Kier molecular flexibility index (Phi) is 5.85. The molecule has 0 N–H and O–H groups in total. The van der Waals surface area contributed by atoms with Crippen molar-refractivity contribution in [3.63, 3.8) is 0 Å². The average Bonchev–Trinajstić information content (AvgIpc) is 3.41. The molecule has 1 aromatic carbocycles. The lowest BCUT2D eigenvalue weighted by atomic mass is 10.0. The molecule has 2 amide bonds. The lowest BCUT2D eigenvalue weighted by molar-refractivity contribution is -0.130. The van der Waals surface area contributed by atoms with E-state index in [-0.39, 0.29) is 17.9 Å². The minimum Gasteiger partial charge on any atom is -0.344 e. The maximum absolute atomic E-state index is 13.0. The van der Waals surface area contributed by atoms with Crippen LogP contribution in [0.15, 0.2) is 30.5 Å². The minimum absolute atomic E-state index is 0.0272. The van der Waals surface area contributed by atoms with E-state index in [9.17, 15) is 9.59 Å². The maximum atomic E-state index is 13.0. The molecule has 1 fully saturated rings. The number of hydrogen-bond donors (Lipinski definition) is 0. The van der Waals surface area contributed by atoms with Crippen molar-refractivity contribution in [2.75, 3.05) is 20.1 Å². The van der Waals surface area contributed by atoms with Crippen molar-refractivity contribution < 1.29 is 9.59 Å². The van der Waals surface area contributed by atoms with Gasteiger partial charge in [-0.05, 0) is 44.2 Å². The molecule has 0 radical (unpaired) electrons. The van der Waals surface area contributed by atoms with Crippen molar-refractivity contribution in [2.45, 2.75) is 45.6 Å². The van der Waals surface area contributed by atoms with Gasteiger partial charge in [0, 0.05) is 32.6 Å². The molecule has 0 aliphatic carbocycles. The summed E-state index contributed by atoms with van der Waals surface area (Å²) in [5, 5.41) is 5.25. The maximum Gasteiger partial charge on any atom is 0.274 e. The van der Waals surface area contributed by atoms with E-state index in [0.29, 0.717) is 25.2 Å². The number of amides is 2. The number of carbonyl (C=O) groups excluding carboxylic acids is 2. The first-order valence-corrected chi connectivity index (χ1v) is 11.2. The van der Waals surface area contributed by atoms with Gasteiger partial charge in [0.05, 0.1) is 6.20 Å². The van der Waals surface area contributed by atoms with Crippen LogP contribution in [0.1, 0.15) is 45.9 Å². The normalized spacial score (nSPS) is 16.4. The molecule has 4 rings (SSSR count).